The van der Waals surface area contributed by atoms with E-state index in [1.807, 2.05) is 36.4 Å². The zero-order valence-electron chi connectivity index (χ0n) is 13.1. The monoisotopic (exact) mass is 309 g/mol. The molecule has 1 saturated heterocycles. The number of rotatable bonds is 3. The molecule has 6 nitrogen and oxygen atoms in total. The molecule has 0 saturated carbocycles. The molecule has 6 heteroatoms. The number of hydrogen-bond donors (Lipinski definition) is 0. The third-order valence-corrected chi connectivity index (χ3v) is 4.41. The Labute approximate surface area is 134 Å². The van der Waals surface area contributed by atoms with Crippen LogP contribution in [0.25, 0.3) is 11.1 Å². The lowest BCUT2D eigenvalue weighted by Gasteiger charge is -2.37. The molecular formula is C17H19N5O. The summed E-state index contributed by atoms with van der Waals surface area (Å²) in [5.74, 6) is 0.933. The van der Waals surface area contributed by atoms with E-state index >= 15 is 0 Å². The summed E-state index contributed by atoms with van der Waals surface area (Å²) in [6.45, 7) is 1.91. The van der Waals surface area contributed by atoms with Crippen LogP contribution in [0.1, 0.15) is 12.8 Å². The van der Waals surface area contributed by atoms with Gasteiger partial charge in [-0.25, -0.2) is 0 Å². The topological polar surface area (TPSA) is 58.3 Å². The summed E-state index contributed by atoms with van der Waals surface area (Å²) in [5.41, 5.74) is 1.73. The molecule has 0 N–H and O–H groups in total. The average Bonchev–Trinajstić information content (AvgIpc) is 3.06. The number of piperidine rings is 1. The summed E-state index contributed by atoms with van der Waals surface area (Å²) in [4.78, 5) is 9.02. The molecular weight excluding hydrogens is 290 g/mol. The van der Waals surface area contributed by atoms with Crippen molar-refractivity contribution in [2.45, 2.75) is 18.9 Å². The van der Waals surface area contributed by atoms with Gasteiger partial charge in [0.15, 0.2) is 11.4 Å². The van der Waals surface area contributed by atoms with Gasteiger partial charge in [0.1, 0.15) is 5.52 Å². The van der Waals surface area contributed by atoms with E-state index in [4.69, 9.17) is 4.42 Å². The lowest BCUT2D eigenvalue weighted by Crippen LogP contribution is -2.47. The standard InChI is InChI=1S/C17H19N5O/c1-21(17-19-14-7-2-3-8-15(14)23-17)13-6-5-11-22(12-13)16-9-4-10-18-20-16/h2-4,7-10,13H,5-6,11-12H2,1H3. The summed E-state index contributed by atoms with van der Waals surface area (Å²) < 4.78 is 5.89. The molecule has 3 heterocycles. The molecule has 1 unspecified atom stereocenters. The van der Waals surface area contributed by atoms with E-state index in [2.05, 4.69) is 32.0 Å². The molecule has 0 amide bonds. The van der Waals surface area contributed by atoms with Gasteiger partial charge in [0.05, 0.1) is 6.04 Å². The van der Waals surface area contributed by atoms with E-state index in [-0.39, 0.29) is 0 Å². The number of oxazole rings is 1. The van der Waals surface area contributed by atoms with Crippen LogP contribution in [0.2, 0.25) is 0 Å². The van der Waals surface area contributed by atoms with E-state index < -0.39 is 0 Å². The molecule has 0 radical (unpaired) electrons. The van der Waals surface area contributed by atoms with Crippen molar-refractivity contribution in [3.63, 3.8) is 0 Å². The van der Waals surface area contributed by atoms with Crippen LogP contribution >= 0.6 is 0 Å². The largest absolute Gasteiger partial charge is 0.423 e. The molecule has 4 rings (SSSR count). The van der Waals surface area contributed by atoms with Gasteiger partial charge in [-0.2, -0.15) is 10.1 Å². The molecule has 0 spiro atoms. The third kappa shape index (κ3) is 2.72. The summed E-state index contributed by atoms with van der Waals surface area (Å²) in [5, 5.41) is 8.20. The van der Waals surface area contributed by atoms with Crippen LogP contribution in [0.3, 0.4) is 0 Å². The maximum Gasteiger partial charge on any atom is 0.298 e. The Morgan fingerprint density at radius 1 is 1.22 bits per heavy atom. The van der Waals surface area contributed by atoms with Crippen molar-refractivity contribution in [1.29, 1.82) is 0 Å². The maximum atomic E-state index is 5.89. The van der Waals surface area contributed by atoms with Crippen LogP contribution in [0.4, 0.5) is 11.8 Å². The van der Waals surface area contributed by atoms with Gasteiger partial charge in [0.25, 0.3) is 6.01 Å². The second-order valence-electron chi connectivity index (χ2n) is 5.90. The van der Waals surface area contributed by atoms with Crippen molar-refractivity contribution in [3.8, 4) is 0 Å². The predicted molar refractivity (Wildman–Crippen MR) is 89.7 cm³/mol. The van der Waals surface area contributed by atoms with Crippen molar-refractivity contribution in [2.75, 3.05) is 29.9 Å². The smallest absolute Gasteiger partial charge is 0.298 e. The highest BCUT2D eigenvalue weighted by Gasteiger charge is 2.26. The lowest BCUT2D eigenvalue weighted by molar-refractivity contribution is 0.456. The van der Waals surface area contributed by atoms with Crippen molar-refractivity contribution >= 4 is 22.9 Å². The summed E-state index contributed by atoms with van der Waals surface area (Å²) >= 11 is 0. The number of nitrogens with zero attached hydrogens (tertiary/aromatic N) is 5. The van der Waals surface area contributed by atoms with Gasteiger partial charge in [-0.3, -0.25) is 0 Å². The first-order chi connectivity index (χ1) is 11.3. The Hall–Kier alpha value is -2.63. The molecule has 0 aliphatic carbocycles. The summed E-state index contributed by atoms with van der Waals surface area (Å²) in [6.07, 6.45) is 3.94. The Bertz CT molecular complexity index is 755. The van der Waals surface area contributed by atoms with Gasteiger partial charge in [0.2, 0.25) is 0 Å². The van der Waals surface area contributed by atoms with E-state index in [9.17, 15) is 0 Å². The van der Waals surface area contributed by atoms with Gasteiger partial charge in [-0.05, 0) is 37.1 Å². The molecule has 1 fully saturated rings. The summed E-state index contributed by atoms with van der Waals surface area (Å²) in [6, 6.07) is 12.8. The fourth-order valence-corrected chi connectivity index (χ4v) is 3.11. The van der Waals surface area contributed by atoms with Crippen molar-refractivity contribution in [2.24, 2.45) is 0 Å². The van der Waals surface area contributed by atoms with Crippen LogP contribution in [-0.2, 0) is 0 Å². The highest BCUT2D eigenvalue weighted by molar-refractivity contribution is 5.74. The van der Waals surface area contributed by atoms with Crippen molar-refractivity contribution in [1.82, 2.24) is 15.2 Å². The molecule has 23 heavy (non-hydrogen) atoms. The Morgan fingerprint density at radius 3 is 2.96 bits per heavy atom. The zero-order chi connectivity index (χ0) is 15.6. The molecule has 2 aromatic heterocycles. The SMILES string of the molecule is CN(c1nc2ccccc2o1)C1CCCN(c2cccnn2)C1. The van der Waals surface area contributed by atoms with E-state index in [0.29, 0.717) is 12.1 Å². The minimum atomic E-state index is 0.346. The average molecular weight is 309 g/mol. The fraction of sp³-hybridized carbons (Fsp3) is 0.353. The van der Waals surface area contributed by atoms with Gasteiger partial charge in [-0.1, -0.05) is 12.1 Å². The van der Waals surface area contributed by atoms with Crippen LogP contribution in [0.5, 0.6) is 0 Å². The van der Waals surface area contributed by atoms with Crippen molar-refractivity contribution in [3.05, 3.63) is 42.6 Å². The highest BCUT2D eigenvalue weighted by Crippen LogP contribution is 2.26. The van der Waals surface area contributed by atoms with E-state index in [0.717, 1.165) is 42.8 Å². The van der Waals surface area contributed by atoms with Crippen LogP contribution < -0.4 is 9.80 Å². The third-order valence-electron chi connectivity index (χ3n) is 4.41. The first-order valence-electron chi connectivity index (χ1n) is 7.92. The minimum absolute atomic E-state index is 0.346. The molecule has 1 aliphatic heterocycles. The van der Waals surface area contributed by atoms with Gasteiger partial charge in [-0.15, -0.1) is 5.10 Å². The normalized spacial score (nSPS) is 18.3. The van der Waals surface area contributed by atoms with Crippen LogP contribution in [-0.4, -0.2) is 41.4 Å². The lowest BCUT2D eigenvalue weighted by atomic mass is 10.0. The molecule has 1 aliphatic rings. The second kappa shape index (κ2) is 5.87. The minimum Gasteiger partial charge on any atom is -0.423 e. The summed E-state index contributed by atoms with van der Waals surface area (Å²) in [7, 11) is 2.05. The number of hydrogen-bond acceptors (Lipinski definition) is 6. The molecule has 3 aromatic rings. The molecule has 118 valence electrons. The molecule has 1 aromatic carbocycles. The fourth-order valence-electron chi connectivity index (χ4n) is 3.11. The Balaban J connectivity index is 1.54. The molecule has 0 bridgehead atoms. The first kappa shape index (κ1) is 14.0. The maximum absolute atomic E-state index is 5.89. The second-order valence-corrected chi connectivity index (χ2v) is 5.90. The quantitative estimate of drug-likeness (QED) is 0.741. The van der Waals surface area contributed by atoms with E-state index in [1.165, 1.54) is 0 Å². The van der Waals surface area contributed by atoms with E-state index in [1.54, 1.807) is 6.20 Å². The zero-order valence-corrected chi connectivity index (χ0v) is 13.1. The van der Waals surface area contributed by atoms with Gasteiger partial charge < -0.3 is 14.2 Å². The molecule has 1 atom stereocenters. The number of benzene rings is 1. The first-order valence-corrected chi connectivity index (χ1v) is 7.92. The number of likely N-dealkylation sites (N-methyl/N-ethyl adjacent to an activating group) is 1. The number of anilines is 2. The number of fused-ring (bicyclic) bond motifs is 1. The van der Waals surface area contributed by atoms with Crippen LogP contribution in [0.15, 0.2) is 47.0 Å². The van der Waals surface area contributed by atoms with Gasteiger partial charge in [0, 0.05) is 26.3 Å². The van der Waals surface area contributed by atoms with Crippen LogP contribution in [0, 0.1) is 0 Å². The number of para-hydroxylation sites is 2. The Kier molecular flexibility index (Phi) is 3.57. The number of aromatic nitrogens is 3. The van der Waals surface area contributed by atoms with Crippen molar-refractivity contribution < 1.29 is 4.42 Å². The highest BCUT2D eigenvalue weighted by atomic mass is 16.4. The predicted octanol–water partition coefficient (Wildman–Crippen LogP) is 2.72. The Morgan fingerprint density at radius 2 is 2.13 bits per heavy atom. The van der Waals surface area contributed by atoms with Gasteiger partial charge >= 0.3 is 0 Å².